The molecule has 0 saturated carbocycles. The lowest BCUT2D eigenvalue weighted by Crippen LogP contribution is -2.12. The summed E-state index contributed by atoms with van der Waals surface area (Å²) in [5.41, 5.74) is 3.40. The van der Waals surface area contributed by atoms with E-state index in [1.807, 2.05) is 18.2 Å². The molecule has 0 bridgehead atoms. The number of thiophene rings is 1. The second-order valence-corrected chi connectivity index (χ2v) is 8.49. The number of nitrogens with one attached hydrogen (secondary N) is 1. The Morgan fingerprint density at radius 2 is 2.11 bits per heavy atom. The third kappa shape index (κ3) is 3.68. The predicted octanol–water partition coefficient (Wildman–Crippen LogP) is 4.88. The fraction of sp³-hybridized carbons (Fsp3) is 0.263. The van der Waals surface area contributed by atoms with Crippen LogP contribution in [-0.2, 0) is 4.79 Å². The summed E-state index contributed by atoms with van der Waals surface area (Å²) in [6.45, 7) is 5.99. The van der Waals surface area contributed by atoms with Gasteiger partial charge in [-0.3, -0.25) is 4.79 Å². The van der Waals surface area contributed by atoms with Crippen LogP contribution in [0.15, 0.2) is 34.0 Å². The highest BCUT2D eigenvalue weighted by atomic mass is 32.2. The zero-order valence-electron chi connectivity index (χ0n) is 15.2. The summed E-state index contributed by atoms with van der Waals surface area (Å²) < 4.78 is 5.45. The highest BCUT2D eigenvalue weighted by molar-refractivity contribution is 7.99. The first kappa shape index (κ1) is 17.9. The van der Waals surface area contributed by atoms with Crippen LogP contribution >= 0.6 is 23.1 Å². The highest BCUT2D eigenvalue weighted by Gasteiger charge is 2.13. The molecule has 0 aliphatic rings. The van der Waals surface area contributed by atoms with Crippen molar-refractivity contribution in [1.82, 2.24) is 15.0 Å². The Hall–Kier alpha value is -2.45. The van der Waals surface area contributed by atoms with Crippen LogP contribution in [0.4, 0.5) is 5.69 Å². The molecule has 1 amide bonds. The number of rotatable bonds is 5. The van der Waals surface area contributed by atoms with Crippen molar-refractivity contribution in [3.8, 4) is 0 Å². The van der Waals surface area contributed by atoms with Gasteiger partial charge in [0.05, 0.1) is 0 Å². The molecule has 4 rings (SSSR count). The third-order valence-corrected chi connectivity index (χ3v) is 6.38. The van der Waals surface area contributed by atoms with Gasteiger partial charge in [-0.1, -0.05) is 0 Å². The summed E-state index contributed by atoms with van der Waals surface area (Å²) in [6.07, 6.45) is 1.99. The van der Waals surface area contributed by atoms with E-state index < -0.39 is 0 Å². The van der Waals surface area contributed by atoms with Crippen molar-refractivity contribution in [3.63, 3.8) is 0 Å². The van der Waals surface area contributed by atoms with Gasteiger partial charge in [-0.2, -0.15) is 0 Å². The lowest BCUT2D eigenvalue weighted by atomic mass is 10.2. The van der Waals surface area contributed by atoms with E-state index in [1.54, 1.807) is 36.3 Å². The lowest BCUT2D eigenvalue weighted by Gasteiger charge is -2.06. The van der Waals surface area contributed by atoms with Gasteiger partial charge in [0.2, 0.25) is 5.91 Å². The van der Waals surface area contributed by atoms with Gasteiger partial charge in [0, 0.05) is 35.0 Å². The van der Waals surface area contributed by atoms with E-state index in [4.69, 9.17) is 4.42 Å². The second-order valence-electron chi connectivity index (χ2n) is 6.20. The van der Waals surface area contributed by atoms with Crippen molar-refractivity contribution in [1.29, 1.82) is 0 Å². The first-order valence-electron chi connectivity index (χ1n) is 8.52. The van der Waals surface area contributed by atoms with E-state index in [0.29, 0.717) is 18.1 Å². The Kier molecular flexibility index (Phi) is 4.84. The topological polar surface area (TPSA) is 80.9 Å². The van der Waals surface area contributed by atoms with Crippen LogP contribution in [0.25, 0.3) is 21.3 Å². The van der Waals surface area contributed by atoms with Gasteiger partial charge in [0.25, 0.3) is 0 Å². The highest BCUT2D eigenvalue weighted by Crippen LogP contribution is 2.34. The smallest absolute Gasteiger partial charge is 0.225 e. The van der Waals surface area contributed by atoms with Crippen molar-refractivity contribution in [3.05, 3.63) is 40.9 Å². The molecule has 0 saturated heterocycles. The lowest BCUT2D eigenvalue weighted by molar-refractivity contribution is -0.115. The van der Waals surface area contributed by atoms with Gasteiger partial charge >= 0.3 is 0 Å². The largest absolute Gasteiger partial charge is 0.441 e. The third-order valence-electron chi connectivity index (χ3n) is 4.28. The van der Waals surface area contributed by atoms with E-state index in [2.05, 4.69) is 34.1 Å². The molecule has 0 spiro atoms. The fourth-order valence-electron chi connectivity index (χ4n) is 2.84. The summed E-state index contributed by atoms with van der Waals surface area (Å²) in [5.74, 6) is 1.23. The minimum absolute atomic E-state index is 0.0365. The maximum absolute atomic E-state index is 12.3. The molecule has 4 aromatic rings. The second kappa shape index (κ2) is 7.28. The van der Waals surface area contributed by atoms with Gasteiger partial charge in [-0.15, -0.1) is 23.1 Å². The van der Waals surface area contributed by atoms with Crippen LogP contribution in [0, 0.1) is 20.8 Å². The molecular weight excluding hydrogens is 380 g/mol. The van der Waals surface area contributed by atoms with Crippen LogP contribution in [0.1, 0.15) is 22.8 Å². The monoisotopic (exact) mass is 398 g/mol. The predicted molar refractivity (Wildman–Crippen MR) is 110 cm³/mol. The molecule has 0 unspecified atom stereocenters. The number of carbonyl (C=O) groups excluding carboxylic acids is 1. The average molecular weight is 399 g/mol. The van der Waals surface area contributed by atoms with Crippen LogP contribution in [0.5, 0.6) is 0 Å². The van der Waals surface area contributed by atoms with Crippen molar-refractivity contribution < 1.29 is 9.21 Å². The zero-order chi connectivity index (χ0) is 19.0. The van der Waals surface area contributed by atoms with Crippen molar-refractivity contribution in [2.24, 2.45) is 0 Å². The van der Waals surface area contributed by atoms with E-state index in [1.165, 1.54) is 10.4 Å². The van der Waals surface area contributed by atoms with Crippen LogP contribution < -0.4 is 5.32 Å². The molecule has 0 fully saturated rings. The van der Waals surface area contributed by atoms with Crippen molar-refractivity contribution in [2.45, 2.75) is 32.2 Å². The summed E-state index contributed by atoms with van der Waals surface area (Å²) >= 11 is 3.27. The number of aromatic nitrogens is 3. The van der Waals surface area contributed by atoms with Gasteiger partial charge < -0.3 is 9.73 Å². The molecule has 138 valence electrons. The van der Waals surface area contributed by atoms with E-state index in [-0.39, 0.29) is 5.91 Å². The maximum atomic E-state index is 12.3. The number of nitrogens with zero attached hydrogens (tertiary/aromatic N) is 3. The number of thioether (sulfide) groups is 1. The summed E-state index contributed by atoms with van der Waals surface area (Å²) in [6, 6.07) is 5.46. The normalized spacial score (nSPS) is 11.4. The number of aryl methyl sites for hydroxylation is 3. The Balaban J connectivity index is 1.39. The number of hydrogen-bond donors (Lipinski definition) is 1. The number of amides is 1. The Labute approximate surface area is 164 Å². The number of anilines is 1. The van der Waals surface area contributed by atoms with Crippen LogP contribution in [-0.4, -0.2) is 26.6 Å². The molecule has 27 heavy (non-hydrogen) atoms. The Morgan fingerprint density at radius 1 is 1.26 bits per heavy atom. The zero-order valence-corrected chi connectivity index (χ0v) is 16.8. The molecule has 3 heterocycles. The molecule has 0 atom stereocenters. The molecule has 1 N–H and O–H groups in total. The van der Waals surface area contributed by atoms with Crippen LogP contribution in [0.2, 0.25) is 0 Å². The average Bonchev–Trinajstić information content (AvgIpc) is 3.14. The first-order valence-corrected chi connectivity index (χ1v) is 10.3. The quantitative estimate of drug-likeness (QED) is 0.381. The maximum Gasteiger partial charge on any atom is 0.225 e. The molecule has 6 nitrogen and oxygen atoms in total. The number of fused-ring (bicyclic) bond motifs is 2. The summed E-state index contributed by atoms with van der Waals surface area (Å²) in [4.78, 5) is 27.6. The molecule has 8 heteroatoms. The van der Waals surface area contributed by atoms with Crippen molar-refractivity contribution >= 4 is 56.0 Å². The van der Waals surface area contributed by atoms with Gasteiger partial charge in [0.1, 0.15) is 21.7 Å². The fourth-order valence-corrected chi connectivity index (χ4v) is 4.90. The first-order chi connectivity index (χ1) is 13.0. The molecule has 1 aromatic carbocycles. The molecule has 3 aromatic heterocycles. The van der Waals surface area contributed by atoms with Crippen molar-refractivity contribution in [2.75, 3.05) is 11.1 Å². The van der Waals surface area contributed by atoms with Crippen LogP contribution in [0.3, 0.4) is 0 Å². The Morgan fingerprint density at radius 3 is 2.96 bits per heavy atom. The van der Waals surface area contributed by atoms with E-state index in [0.717, 1.165) is 32.0 Å². The number of hydrogen-bond acceptors (Lipinski definition) is 7. The SMILES string of the molecule is Cc1nc2cc(NC(=O)CCSc3ncnc4sc(C)c(C)c34)ccc2o1. The molecule has 0 aliphatic carbocycles. The standard InChI is InChI=1S/C19H18N4O2S2/c1-10-11(2)27-19-17(10)18(20-9-21-19)26-7-6-16(24)23-13-4-5-15-14(8-13)22-12(3)25-15/h4-5,8-9H,6-7H2,1-3H3,(H,23,24). The summed E-state index contributed by atoms with van der Waals surface area (Å²) in [5, 5.41) is 4.97. The van der Waals surface area contributed by atoms with Gasteiger partial charge in [0.15, 0.2) is 11.5 Å². The number of oxazole rings is 1. The molecule has 0 radical (unpaired) electrons. The molecule has 0 aliphatic heterocycles. The Bertz CT molecular complexity index is 1150. The van der Waals surface area contributed by atoms with E-state index in [9.17, 15) is 4.79 Å². The van der Waals surface area contributed by atoms with Gasteiger partial charge in [-0.05, 0) is 37.6 Å². The summed E-state index contributed by atoms with van der Waals surface area (Å²) in [7, 11) is 0. The number of carbonyl (C=O) groups is 1. The minimum atomic E-state index is -0.0365. The van der Waals surface area contributed by atoms with Gasteiger partial charge in [-0.25, -0.2) is 15.0 Å². The minimum Gasteiger partial charge on any atom is -0.441 e. The molecular formula is C19H18N4O2S2. The van der Waals surface area contributed by atoms with E-state index >= 15 is 0 Å². The number of benzene rings is 1.